The Kier molecular flexibility index (Phi) is 3.68. The minimum atomic E-state index is -0.502. The minimum absolute atomic E-state index is 0.0517. The van der Waals surface area contributed by atoms with E-state index in [1.165, 1.54) is 4.88 Å². The second-order valence-electron chi connectivity index (χ2n) is 8.55. The van der Waals surface area contributed by atoms with Crippen LogP contribution in [-0.4, -0.2) is 11.6 Å². The molecule has 1 aliphatic rings. The van der Waals surface area contributed by atoms with Crippen LogP contribution in [0.1, 0.15) is 75.7 Å². The molecule has 0 aromatic carbocycles. The van der Waals surface area contributed by atoms with E-state index in [0.717, 1.165) is 18.4 Å². The summed E-state index contributed by atoms with van der Waals surface area (Å²) in [6, 6.07) is 0. The van der Waals surface area contributed by atoms with Crippen molar-refractivity contribution in [2.75, 3.05) is 5.73 Å². The van der Waals surface area contributed by atoms with Crippen molar-refractivity contribution >= 4 is 22.3 Å². The first kappa shape index (κ1) is 16.3. The second-order valence-corrected chi connectivity index (χ2v) is 9.60. The summed E-state index contributed by atoms with van der Waals surface area (Å²) >= 11 is 1.56. The van der Waals surface area contributed by atoms with Crippen LogP contribution in [-0.2, 0) is 16.6 Å². The Hall–Kier alpha value is -1.03. The molecule has 0 radical (unpaired) electrons. The highest BCUT2D eigenvalue weighted by Gasteiger charge is 2.42. The largest absolute Gasteiger partial charge is 0.456 e. The topological polar surface area (TPSA) is 52.3 Å². The third-order valence-corrected chi connectivity index (χ3v) is 5.25. The fourth-order valence-electron chi connectivity index (χ4n) is 3.57. The van der Waals surface area contributed by atoms with Gasteiger partial charge in [-0.3, -0.25) is 0 Å². The van der Waals surface area contributed by atoms with Crippen LogP contribution in [0.25, 0.3) is 0 Å². The maximum atomic E-state index is 12.5. The number of nitrogen functional groups attached to an aromatic ring is 1. The first-order valence-electron chi connectivity index (χ1n) is 7.47. The third kappa shape index (κ3) is 3.25. The summed E-state index contributed by atoms with van der Waals surface area (Å²) in [4.78, 5) is 13.8. The van der Waals surface area contributed by atoms with E-state index >= 15 is 0 Å². The van der Waals surface area contributed by atoms with Gasteiger partial charge in [-0.05, 0) is 50.0 Å². The number of anilines is 1. The van der Waals surface area contributed by atoms with Gasteiger partial charge < -0.3 is 10.5 Å². The Balaban J connectivity index is 2.52. The molecule has 0 fully saturated rings. The molecule has 21 heavy (non-hydrogen) atoms. The van der Waals surface area contributed by atoms with Crippen LogP contribution in [0.2, 0.25) is 0 Å². The van der Waals surface area contributed by atoms with Crippen molar-refractivity contribution in [1.82, 2.24) is 0 Å². The first-order chi connectivity index (χ1) is 9.32. The molecule has 1 heterocycles. The quantitative estimate of drug-likeness (QED) is 0.775. The van der Waals surface area contributed by atoms with Crippen molar-refractivity contribution in [2.24, 2.45) is 5.41 Å². The van der Waals surface area contributed by atoms with E-state index < -0.39 is 5.60 Å². The van der Waals surface area contributed by atoms with Crippen LogP contribution in [0.15, 0.2) is 0 Å². The van der Waals surface area contributed by atoms with E-state index in [2.05, 4.69) is 27.7 Å². The highest BCUT2D eigenvalue weighted by molar-refractivity contribution is 7.16. The molecular weight excluding hydrogens is 282 g/mol. The molecule has 0 spiro atoms. The Bertz CT molecular complexity index is 576. The molecule has 0 amide bonds. The first-order valence-corrected chi connectivity index (χ1v) is 8.29. The Labute approximate surface area is 131 Å². The second kappa shape index (κ2) is 4.73. The summed E-state index contributed by atoms with van der Waals surface area (Å²) in [5, 5.41) is 0.597. The fourth-order valence-corrected chi connectivity index (χ4v) is 4.75. The molecular formula is C17H27NO2S. The summed E-state index contributed by atoms with van der Waals surface area (Å²) in [5.41, 5.74) is 7.59. The van der Waals surface area contributed by atoms with E-state index in [4.69, 9.17) is 10.5 Å². The number of hydrogen-bond donors (Lipinski definition) is 1. The summed E-state index contributed by atoms with van der Waals surface area (Å²) < 4.78 is 5.55. The lowest BCUT2D eigenvalue weighted by atomic mass is 9.65. The van der Waals surface area contributed by atoms with Gasteiger partial charge in [0.05, 0.1) is 5.56 Å². The Morgan fingerprint density at radius 1 is 1.24 bits per heavy atom. The Morgan fingerprint density at radius 2 is 1.81 bits per heavy atom. The van der Waals surface area contributed by atoms with Crippen LogP contribution in [0.3, 0.4) is 0 Å². The maximum absolute atomic E-state index is 12.5. The van der Waals surface area contributed by atoms with Crippen LogP contribution >= 0.6 is 11.3 Å². The lowest BCUT2D eigenvalue weighted by Gasteiger charge is -2.40. The minimum Gasteiger partial charge on any atom is -0.456 e. The van der Waals surface area contributed by atoms with Gasteiger partial charge in [0.25, 0.3) is 0 Å². The van der Waals surface area contributed by atoms with E-state index in [1.807, 2.05) is 20.8 Å². The number of thiophene rings is 1. The highest BCUT2D eigenvalue weighted by Crippen LogP contribution is 2.51. The molecule has 2 N–H and O–H groups in total. The molecule has 0 unspecified atom stereocenters. The van der Waals surface area contributed by atoms with Gasteiger partial charge in [0, 0.05) is 4.88 Å². The fraction of sp³-hybridized carbons (Fsp3) is 0.706. The number of rotatable bonds is 1. The molecule has 1 aromatic heterocycles. The van der Waals surface area contributed by atoms with Crippen molar-refractivity contribution in [3.05, 3.63) is 16.0 Å². The number of esters is 1. The predicted octanol–water partition coefficient (Wildman–Crippen LogP) is 4.54. The van der Waals surface area contributed by atoms with Crippen molar-refractivity contribution in [1.29, 1.82) is 0 Å². The van der Waals surface area contributed by atoms with Gasteiger partial charge in [-0.2, -0.15) is 0 Å². The molecule has 4 heteroatoms. The van der Waals surface area contributed by atoms with Crippen LogP contribution in [0.4, 0.5) is 5.00 Å². The molecule has 0 aliphatic heterocycles. The zero-order chi connectivity index (χ0) is 16.2. The van der Waals surface area contributed by atoms with Gasteiger partial charge in [0.15, 0.2) is 0 Å². The summed E-state index contributed by atoms with van der Waals surface area (Å²) in [5.74, 6) is -0.286. The van der Waals surface area contributed by atoms with Crippen LogP contribution < -0.4 is 5.73 Å². The molecule has 1 aromatic rings. The van der Waals surface area contributed by atoms with E-state index in [1.54, 1.807) is 11.3 Å². The molecule has 118 valence electrons. The van der Waals surface area contributed by atoms with E-state index in [9.17, 15) is 4.79 Å². The van der Waals surface area contributed by atoms with Crippen LogP contribution in [0.5, 0.6) is 0 Å². The molecule has 0 bridgehead atoms. The van der Waals surface area contributed by atoms with Gasteiger partial charge >= 0.3 is 5.97 Å². The summed E-state index contributed by atoms with van der Waals surface area (Å²) in [6.07, 6.45) is 1.98. The van der Waals surface area contributed by atoms with E-state index in [-0.39, 0.29) is 16.8 Å². The number of nitrogens with two attached hydrogens (primary N) is 1. The van der Waals surface area contributed by atoms with Gasteiger partial charge in [-0.1, -0.05) is 27.7 Å². The molecule has 3 nitrogen and oxygen atoms in total. The standard InChI is InChI=1S/C17H27NO2S/c1-15(2,3)20-14(19)11-10-8-16(4,5)9-17(6,7)12(10)21-13(11)18/h8-9,18H2,1-7H3. The molecule has 0 saturated carbocycles. The van der Waals surface area contributed by atoms with Gasteiger partial charge in [-0.15, -0.1) is 11.3 Å². The number of carbonyl (C=O) groups excluding carboxylic acids is 1. The third-order valence-electron chi connectivity index (χ3n) is 3.83. The van der Waals surface area contributed by atoms with Crippen molar-refractivity contribution < 1.29 is 9.53 Å². The van der Waals surface area contributed by atoms with Crippen LogP contribution in [0, 0.1) is 5.41 Å². The normalized spacial score (nSPS) is 20.0. The maximum Gasteiger partial charge on any atom is 0.341 e. The number of carbonyl (C=O) groups is 1. The average molecular weight is 309 g/mol. The zero-order valence-electron chi connectivity index (χ0n) is 14.2. The molecule has 0 saturated heterocycles. The molecule has 2 rings (SSSR count). The highest BCUT2D eigenvalue weighted by atomic mass is 32.1. The number of hydrogen-bond acceptors (Lipinski definition) is 4. The predicted molar refractivity (Wildman–Crippen MR) is 89.0 cm³/mol. The SMILES string of the molecule is CC1(C)Cc2c(sc(N)c2C(=O)OC(C)(C)C)C(C)(C)C1. The average Bonchev–Trinajstić information content (AvgIpc) is 2.49. The van der Waals surface area contributed by atoms with Crippen molar-refractivity contribution in [3.8, 4) is 0 Å². The smallest absolute Gasteiger partial charge is 0.341 e. The van der Waals surface area contributed by atoms with Crippen molar-refractivity contribution in [2.45, 2.75) is 72.3 Å². The lowest BCUT2D eigenvalue weighted by Crippen LogP contribution is -2.34. The summed E-state index contributed by atoms with van der Waals surface area (Å²) in [6.45, 7) is 14.6. The number of ether oxygens (including phenoxy) is 1. The van der Waals surface area contributed by atoms with Crippen molar-refractivity contribution in [3.63, 3.8) is 0 Å². The molecule has 1 aliphatic carbocycles. The summed E-state index contributed by atoms with van der Waals surface area (Å²) in [7, 11) is 0. The monoisotopic (exact) mass is 309 g/mol. The number of fused-ring (bicyclic) bond motifs is 1. The lowest BCUT2D eigenvalue weighted by molar-refractivity contribution is 0.00692. The van der Waals surface area contributed by atoms with Gasteiger partial charge in [0.2, 0.25) is 0 Å². The van der Waals surface area contributed by atoms with Gasteiger partial charge in [-0.25, -0.2) is 4.79 Å². The van der Waals surface area contributed by atoms with Gasteiger partial charge in [0.1, 0.15) is 10.6 Å². The Morgan fingerprint density at radius 3 is 2.33 bits per heavy atom. The zero-order valence-corrected chi connectivity index (χ0v) is 15.0. The van der Waals surface area contributed by atoms with E-state index in [0.29, 0.717) is 10.6 Å². The molecule has 0 atom stereocenters.